The second kappa shape index (κ2) is 7.55. The summed E-state index contributed by atoms with van der Waals surface area (Å²) >= 11 is 2.88. The number of thioether (sulfide) groups is 1. The molecular formula is C17H17N3O2S2. The molecule has 3 aromatic rings. The Morgan fingerprint density at radius 1 is 1.33 bits per heavy atom. The molecule has 2 aromatic carbocycles. The van der Waals surface area contributed by atoms with Gasteiger partial charge < -0.3 is 15.8 Å². The van der Waals surface area contributed by atoms with Crippen LogP contribution < -0.4 is 15.8 Å². The minimum atomic E-state index is -0.0912. The largest absolute Gasteiger partial charge is 0.494 e. The van der Waals surface area contributed by atoms with Crippen molar-refractivity contribution in [1.29, 1.82) is 0 Å². The van der Waals surface area contributed by atoms with Gasteiger partial charge in [-0.2, -0.15) is 0 Å². The van der Waals surface area contributed by atoms with Gasteiger partial charge in [-0.3, -0.25) is 4.79 Å². The van der Waals surface area contributed by atoms with Crippen LogP contribution in [0.3, 0.4) is 0 Å². The molecule has 3 rings (SSSR count). The SMILES string of the molecule is CCOc1ccc2nc(NC(=O)CSc3cccc(N)c3)sc2c1. The molecule has 0 saturated carbocycles. The first-order chi connectivity index (χ1) is 11.6. The Morgan fingerprint density at radius 3 is 3.00 bits per heavy atom. The third-order valence-corrected chi connectivity index (χ3v) is 5.07. The summed E-state index contributed by atoms with van der Waals surface area (Å²) in [4.78, 5) is 17.5. The lowest BCUT2D eigenvalue weighted by Crippen LogP contribution is -2.13. The second-order valence-electron chi connectivity index (χ2n) is 4.99. The number of aromatic nitrogens is 1. The van der Waals surface area contributed by atoms with Gasteiger partial charge in [0.25, 0.3) is 0 Å². The molecule has 0 aliphatic heterocycles. The first kappa shape index (κ1) is 16.6. The summed E-state index contributed by atoms with van der Waals surface area (Å²) in [6.45, 7) is 2.57. The van der Waals surface area contributed by atoms with E-state index in [0.29, 0.717) is 23.2 Å². The number of carbonyl (C=O) groups excluding carboxylic acids is 1. The van der Waals surface area contributed by atoms with Crippen LogP contribution in [0, 0.1) is 0 Å². The van der Waals surface area contributed by atoms with Crippen molar-refractivity contribution in [3.8, 4) is 5.75 Å². The van der Waals surface area contributed by atoms with Gasteiger partial charge in [0.1, 0.15) is 5.75 Å². The van der Waals surface area contributed by atoms with Gasteiger partial charge in [-0.1, -0.05) is 17.4 Å². The lowest BCUT2D eigenvalue weighted by atomic mass is 10.3. The lowest BCUT2D eigenvalue weighted by Gasteiger charge is -2.02. The standard InChI is InChI=1S/C17H17N3O2S2/c1-2-22-12-6-7-14-15(9-12)24-17(19-14)20-16(21)10-23-13-5-3-4-11(18)8-13/h3-9H,2,10,18H2,1H3,(H,19,20,21). The molecule has 0 atom stereocenters. The predicted octanol–water partition coefficient (Wildman–Crippen LogP) is 4.01. The highest BCUT2D eigenvalue weighted by Crippen LogP contribution is 2.29. The summed E-state index contributed by atoms with van der Waals surface area (Å²) < 4.78 is 6.47. The number of hydrogen-bond acceptors (Lipinski definition) is 6. The van der Waals surface area contributed by atoms with Crippen molar-refractivity contribution in [3.63, 3.8) is 0 Å². The highest BCUT2D eigenvalue weighted by molar-refractivity contribution is 8.00. The molecule has 124 valence electrons. The molecule has 0 fully saturated rings. The molecule has 3 N–H and O–H groups in total. The number of nitrogen functional groups attached to an aromatic ring is 1. The van der Waals surface area contributed by atoms with E-state index in [1.54, 1.807) is 0 Å². The van der Waals surface area contributed by atoms with Crippen molar-refractivity contribution in [2.24, 2.45) is 0 Å². The molecule has 7 heteroatoms. The number of nitrogens with one attached hydrogen (secondary N) is 1. The average Bonchev–Trinajstić information content (AvgIpc) is 2.95. The highest BCUT2D eigenvalue weighted by Gasteiger charge is 2.09. The molecule has 24 heavy (non-hydrogen) atoms. The molecule has 5 nitrogen and oxygen atoms in total. The van der Waals surface area contributed by atoms with Crippen molar-refractivity contribution in [3.05, 3.63) is 42.5 Å². The Labute approximate surface area is 148 Å². The van der Waals surface area contributed by atoms with Crippen LogP contribution in [0.25, 0.3) is 10.2 Å². The number of ether oxygens (including phenoxy) is 1. The van der Waals surface area contributed by atoms with Crippen LogP contribution in [-0.4, -0.2) is 23.3 Å². The minimum Gasteiger partial charge on any atom is -0.494 e. The number of carbonyl (C=O) groups is 1. The van der Waals surface area contributed by atoms with E-state index < -0.39 is 0 Å². The first-order valence-corrected chi connectivity index (χ1v) is 9.26. The Hall–Kier alpha value is -2.25. The molecule has 1 heterocycles. The number of hydrogen-bond donors (Lipinski definition) is 2. The molecular weight excluding hydrogens is 342 g/mol. The quantitative estimate of drug-likeness (QED) is 0.514. The van der Waals surface area contributed by atoms with E-state index >= 15 is 0 Å². The van der Waals surface area contributed by atoms with Crippen molar-refractivity contribution in [1.82, 2.24) is 4.98 Å². The second-order valence-corrected chi connectivity index (χ2v) is 7.07. The third kappa shape index (κ3) is 4.18. The molecule has 1 aromatic heterocycles. The summed E-state index contributed by atoms with van der Waals surface area (Å²) in [7, 11) is 0. The van der Waals surface area contributed by atoms with Crippen LogP contribution >= 0.6 is 23.1 Å². The zero-order valence-electron chi connectivity index (χ0n) is 13.1. The number of nitrogens with two attached hydrogens (primary N) is 1. The zero-order chi connectivity index (χ0) is 16.9. The summed E-state index contributed by atoms with van der Waals surface area (Å²) in [5.41, 5.74) is 7.27. The van der Waals surface area contributed by atoms with Crippen LogP contribution in [0.5, 0.6) is 5.75 Å². The van der Waals surface area contributed by atoms with Crippen molar-refractivity contribution < 1.29 is 9.53 Å². The predicted molar refractivity (Wildman–Crippen MR) is 101 cm³/mol. The molecule has 0 spiro atoms. The maximum Gasteiger partial charge on any atom is 0.236 e. The topological polar surface area (TPSA) is 77.2 Å². The van der Waals surface area contributed by atoms with E-state index in [1.807, 2.05) is 49.4 Å². The lowest BCUT2D eigenvalue weighted by molar-refractivity contribution is -0.113. The Balaban J connectivity index is 1.62. The number of thiazole rings is 1. The van der Waals surface area contributed by atoms with Gasteiger partial charge in [0, 0.05) is 10.6 Å². The van der Waals surface area contributed by atoms with Gasteiger partial charge in [-0.25, -0.2) is 4.98 Å². The summed E-state index contributed by atoms with van der Waals surface area (Å²) in [5, 5.41) is 3.44. The van der Waals surface area contributed by atoms with E-state index in [2.05, 4.69) is 10.3 Å². The number of benzene rings is 2. The molecule has 0 aliphatic rings. The fourth-order valence-corrected chi connectivity index (χ4v) is 3.80. The van der Waals surface area contributed by atoms with Crippen LogP contribution in [0.4, 0.5) is 10.8 Å². The number of anilines is 2. The zero-order valence-corrected chi connectivity index (χ0v) is 14.7. The molecule has 0 saturated heterocycles. The van der Waals surface area contributed by atoms with Gasteiger partial charge in [0.2, 0.25) is 5.91 Å². The van der Waals surface area contributed by atoms with E-state index in [4.69, 9.17) is 10.5 Å². The molecule has 0 radical (unpaired) electrons. The van der Waals surface area contributed by atoms with Gasteiger partial charge in [0.15, 0.2) is 5.13 Å². The van der Waals surface area contributed by atoms with Crippen molar-refractivity contribution in [2.45, 2.75) is 11.8 Å². The molecule has 1 amide bonds. The number of fused-ring (bicyclic) bond motifs is 1. The molecule has 0 unspecified atom stereocenters. The Kier molecular flexibility index (Phi) is 5.22. The third-order valence-electron chi connectivity index (χ3n) is 3.15. The number of nitrogens with zero attached hydrogens (tertiary/aromatic N) is 1. The van der Waals surface area contributed by atoms with Crippen molar-refractivity contribution in [2.75, 3.05) is 23.4 Å². The fourth-order valence-electron chi connectivity index (χ4n) is 2.12. The van der Waals surface area contributed by atoms with Crippen molar-refractivity contribution >= 4 is 50.0 Å². The van der Waals surface area contributed by atoms with Gasteiger partial charge in [0.05, 0.1) is 22.6 Å². The molecule has 0 bridgehead atoms. The summed E-state index contributed by atoms with van der Waals surface area (Å²) in [5.74, 6) is 1.03. The van der Waals surface area contributed by atoms with Crippen LogP contribution in [0.15, 0.2) is 47.4 Å². The average molecular weight is 359 g/mol. The normalized spacial score (nSPS) is 10.7. The Bertz CT molecular complexity index is 864. The summed E-state index contributed by atoms with van der Waals surface area (Å²) in [6.07, 6.45) is 0. The van der Waals surface area contributed by atoms with Crippen LogP contribution in [0.2, 0.25) is 0 Å². The van der Waals surface area contributed by atoms with E-state index in [-0.39, 0.29) is 5.91 Å². The maximum atomic E-state index is 12.1. The van der Waals surface area contributed by atoms with Gasteiger partial charge >= 0.3 is 0 Å². The van der Waals surface area contributed by atoms with Gasteiger partial charge in [-0.15, -0.1) is 11.8 Å². The van der Waals surface area contributed by atoms with E-state index in [9.17, 15) is 4.79 Å². The van der Waals surface area contributed by atoms with Crippen LogP contribution in [-0.2, 0) is 4.79 Å². The van der Waals surface area contributed by atoms with Crippen LogP contribution in [0.1, 0.15) is 6.92 Å². The van der Waals surface area contributed by atoms with E-state index in [0.717, 1.165) is 20.9 Å². The molecule has 0 aliphatic carbocycles. The highest BCUT2D eigenvalue weighted by atomic mass is 32.2. The minimum absolute atomic E-state index is 0.0912. The monoisotopic (exact) mass is 359 g/mol. The maximum absolute atomic E-state index is 12.1. The summed E-state index contributed by atoms with van der Waals surface area (Å²) in [6, 6.07) is 13.2. The number of rotatable bonds is 6. The first-order valence-electron chi connectivity index (χ1n) is 7.45. The Morgan fingerprint density at radius 2 is 2.21 bits per heavy atom. The fraction of sp³-hybridized carbons (Fsp3) is 0.176. The van der Waals surface area contributed by atoms with Gasteiger partial charge in [-0.05, 0) is 43.3 Å². The number of amides is 1. The van der Waals surface area contributed by atoms with E-state index in [1.165, 1.54) is 23.1 Å². The smallest absolute Gasteiger partial charge is 0.236 e.